The average molecular weight is 261 g/mol. The summed E-state index contributed by atoms with van der Waals surface area (Å²) in [5.74, 6) is 3.15. The monoisotopic (exact) mass is 261 g/mol. The molecule has 19 heavy (non-hydrogen) atoms. The molecule has 1 rings (SSSR count). The molecule has 0 radical (unpaired) electrons. The molecule has 4 nitrogen and oxygen atoms in total. The second kappa shape index (κ2) is 6.14. The predicted octanol–water partition coefficient (Wildman–Crippen LogP) is 2.70. The van der Waals surface area contributed by atoms with Gasteiger partial charge in [-0.25, -0.2) is 4.79 Å². The molecule has 0 bridgehead atoms. The Labute approximate surface area is 114 Å². The maximum Gasteiger partial charge on any atom is 0.407 e. The predicted molar refractivity (Wildman–Crippen MR) is 74.0 cm³/mol. The second-order valence-corrected chi connectivity index (χ2v) is 5.03. The van der Waals surface area contributed by atoms with E-state index in [9.17, 15) is 4.79 Å². The van der Waals surface area contributed by atoms with E-state index in [2.05, 4.69) is 11.2 Å². The Kier molecular flexibility index (Phi) is 4.82. The molecule has 0 saturated heterocycles. The van der Waals surface area contributed by atoms with Crippen molar-refractivity contribution in [3.05, 3.63) is 29.3 Å². The Morgan fingerprint density at radius 1 is 1.42 bits per heavy atom. The number of hydrogen-bond donors (Lipinski definition) is 1. The molecule has 0 aromatic heterocycles. The maximum atomic E-state index is 11.5. The van der Waals surface area contributed by atoms with Crippen molar-refractivity contribution in [3.8, 4) is 18.1 Å². The summed E-state index contributed by atoms with van der Waals surface area (Å²) in [5, 5.41) is 2.68. The fraction of sp³-hybridized carbons (Fsp3) is 0.400. The normalized spacial score (nSPS) is 10.5. The van der Waals surface area contributed by atoms with Crippen molar-refractivity contribution in [2.45, 2.75) is 32.9 Å². The summed E-state index contributed by atoms with van der Waals surface area (Å²) in [6.45, 7) is 5.81. The Balaban J connectivity index is 2.64. The van der Waals surface area contributed by atoms with Gasteiger partial charge in [0.25, 0.3) is 0 Å². The highest BCUT2D eigenvalue weighted by atomic mass is 16.6. The van der Waals surface area contributed by atoms with Crippen LogP contribution in [0.4, 0.5) is 4.79 Å². The number of carbonyl (C=O) groups is 1. The highest BCUT2D eigenvalue weighted by Gasteiger charge is 2.15. The van der Waals surface area contributed by atoms with E-state index in [0.717, 1.165) is 5.56 Å². The van der Waals surface area contributed by atoms with Crippen LogP contribution in [0, 0.1) is 12.3 Å². The van der Waals surface area contributed by atoms with Gasteiger partial charge in [-0.3, -0.25) is 0 Å². The largest absolute Gasteiger partial charge is 0.495 e. The molecule has 0 heterocycles. The van der Waals surface area contributed by atoms with Crippen LogP contribution in [0.2, 0.25) is 0 Å². The third kappa shape index (κ3) is 4.92. The van der Waals surface area contributed by atoms with Gasteiger partial charge in [0.2, 0.25) is 0 Å². The van der Waals surface area contributed by atoms with Gasteiger partial charge in [0, 0.05) is 6.54 Å². The molecular weight excluding hydrogens is 242 g/mol. The molecule has 0 atom stereocenters. The summed E-state index contributed by atoms with van der Waals surface area (Å²) in [6, 6.07) is 5.42. The highest BCUT2D eigenvalue weighted by Crippen LogP contribution is 2.19. The van der Waals surface area contributed by atoms with Gasteiger partial charge in [0.15, 0.2) is 0 Å². The van der Waals surface area contributed by atoms with Crippen LogP contribution in [0.25, 0.3) is 0 Å². The average Bonchev–Trinajstić information content (AvgIpc) is 2.33. The molecule has 4 heteroatoms. The minimum absolute atomic E-state index is 0.357. The summed E-state index contributed by atoms with van der Waals surface area (Å²) < 4.78 is 10.3. The molecule has 1 amide bonds. The van der Waals surface area contributed by atoms with E-state index in [4.69, 9.17) is 15.9 Å². The van der Waals surface area contributed by atoms with E-state index in [1.54, 1.807) is 19.2 Å². The highest BCUT2D eigenvalue weighted by molar-refractivity contribution is 5.67. The van der Waals surface area contributed by atoms with Crippen molar-refractivity contribution < 1.29 is 14.3 Å². The van der Waals surface area contributed by atoms with Crippen LogP contribution in [0.1, 0.15) is 31.9 Å². The first kappa shape index (κ1) is 14.9. The number of benzene rings is 1. The molecule has 0 aliphatic heterocycles. The zero-order valence-corrected chi connectivity index (χ0v) is 11.7. The fourth-order valence-corrected chi connectivity index (χ4v) is 1.45. The van der Waals surface area contributed by atoms with E-state index in [0.29, 0.717) is 17.9 Å². The summed E-state index contributed by atoms with van der Waals surface area (Å²) in [5.41, 5.74) is 1.07. The van der Waals surface area contributed by atoms with Crippen molar-refractivity contribution >= 4 is 6.09 Å². The van der Waals surface area contributed by atoms with Crippen molar-refractivity contribution in [3.63, 3.8) is 0 Å². The summed E-state index contributed by atoms with van der Waals surface area (Å²) in [7, 11) is 1.56. The van der Waals surface area contributed by atoms with Gasteiger partial charge in [-0.1, -0.05) is 12.0 Å². The first-order chi connectivity index (χ1) is 8.85. The van der Waals surface area contributed by atoms with E-state index in [1.807, 2.05) is 26.8 Å². The zero-order chi connectivity index (χ0) is 14.5. The van der Waals surface area contributed by atoms with Gasteiger partial charge in [-0.2, -0.15) is 0 Å². The molecule has 1 aromatic rings. The quantitative estimate of drug-likeness (QED) is 0.851. The fourth-order valence-electron chi connectivity index (χ4n) is 1.45. The van der Waals surface area contributed by atoms with Gasteiger partial charge in [0.05, 0.1) is 12.7 Å². The third-order valence-corrected chi connectivity index (χ3v) is 2.26. The lowest BCUT2D eigenvalue weighted by Gasteiger charge is -2.19. The summed E-state index contributed by atoms with van der Waals surface area (Å²) in [6.07, 6.45) is 4.90. The molecule has 0 fully saturated rings. The molecular formula is C15H19NO3. The smallest absolute Gasteiger partial charge is 0.407 e. The lowest BCUT2D eigenvalue weighted by Crippen LogP contribution is -2.32. The molecule has 1 aromatic carbocycles. The lowest BCUT2D eigenvalue weighted by molar-refractivity contribution is 0.0523. The Bertz CT molecular complexity index is 495. The Morgan fingerprint density at radius 3 is 2.63 bits per heavy atom. The first-order valence-corrected chi connectivity index (χ1v) is 5.96. The molecule has 1 N–H and O–H groups in total. The van der Waals surface area contributed by atoms with Crippen LogP contribution in [0.15, 0.2) is 18.2 Å². The van der Waals surface area contributed by atoms with Crippen LogP contribution < -0.4 is 10.1 Å². The standard InChI is InChI=1S/C15H19NO3/c1-6-12-8-7-11(9-13(12)18-5)10-16-14(17)19-15(2,3)4/h1,7-9H,10H2,2-5H3,(H,16,17). The van der Waals surface area contributed by atoms with Gasteiger partial charge in [-0.15, -0.1) is 6.42 Å². The second-order valence-electron chi connectivity index (χ2n) is 5.03. The summed E-state index contributed by atoms with van der Waals surface area (Å²) >= 11 is 0. The molecule has 0 aliphatic rings. The van der Waals surface area contributed by atoms with Gasteiger partial charge >= 0.3 is 6.09 Å². The molecule has 0 saturated carbocycles. The molecule has 102 valence electrons. The number of alkyl carbamates (subject to hydrolysis) is 1. The number of methoxy groups -OCH3 is 1. The number of carbonyl (C=O) groups excluding carboxylic acids is 1. The third-order valence-electron chi connectivity index (χ3n) is 2.26. The van der Waals surface area contributed by atoms with Crippen molar-refractivity contribution in [2.75, 3.05) is 7.11 Å². The van der Waals surface area contributed by atoms with Crippen LogP contribution in [0.5, 0.6) is 5.75 Å². The van der Waals surface area contributed by atoms with Gasteiger partial charge in [-0.05, 0) is 38.5 Å². The number of terminal acetylenes is 1. The zero-order valence-electron chi connectivity index (χ0n) is 11.7. The number of nitrogens with one attached hydrogen (secondary N) is 1. The van der Waals surface area contributed by atoms with Crippen molar-refractivity contribution in [2.24, 2.45) is 0 Å². The number of ether oxygens (including phenoxy) is 2. The van der Waals surface area contributed by atoms with Crippen molar-refractivity contribution in [1.29, 1.82) is 0 Å². The lowest BCUT2D eigenvalue weighted by atomic mass is 10.1. The van der Waals surface area contributed by atoms with E-state index < -0.39 is 11.7 Å². The minimum atomic E-state index is -0.505. The van der Waals surface area contributed by atoms with Gasteiger partial charge in [0.1, 0.15) is 11.4 Å². The summed E-state index contributed by atoms with van der Waals surface area (Å²) in [4.78, 5) is 11.5. The maximum absolute atomic E-state index is 11.5. The molecule has 0 spiro atoms. The molecule has 0 unspecified atom stereocenters. The van der Waals surface area contributed by atoms with E-state index >= 15 is 0 Å². The van der Waals surface area contributed by atoms with Crippen LogP contribution in [-0.2, 0) is 11.3 Å². The SMILES string of the molecule is C#Cc1ccc(CNC(=O)OC(C)(C)C)cc1OC. The van der Waals surface area contributed by atoms with E-state index in [-0.39, 0.29) is 0 Å². The van der Waals surface area contributed by atoms with Gasteiger partial charge < -0.3 is 14.8 Å². The van der Waals surface area contributed by atoms with Crippen LogP contribution >= 0.6 is 0 Å². The van der Waals surface area contributed by atoms with Crippen LogP contribution in [0.3, 0.4) is 0 Å². The molecule has 0 aliphatic carbocycles. The van der Waals surface area contributed by atoms with Crippen molar-refractivity contribution in [1.82, 2.24) is 5.32 Å². The first-order valence-electron chi connectivity index (χ1n) is 5.96. The minimum Gasteiger partial charge on any atom is -0.495 e. The number of hydrogen-bond acceptors (Lipinski definition) is 3. The number of amides is 1. The van der Waals surface area contributed by atoms with E-state index in [1.165, 1.54) is 0 Å². The number of rotatable bonds is 3. The Morgan fingerprint density at radius 2 is 2.11 bits per heavy atom. The Hall–Kier alpha value is -2.15. The topological polar surface area (TPSA) is 47.6 Å². The van der Waals surface area contributed by atoms with Crippen LogP contribution in [-0.4, -0.2) is 18.8 Å².